The van der Waals surface area contributed by atoms with Gasteiger partial charge in [-0.25, -0.2) is 9.07 Å². The summed E-state index contributed by atoms with van der Waals surface area (Å²) in [6.07, 6.45) is 1.40. The maximum Gasteiger partial charge on any atom is 0.123 e. The lowest BCUT2D eigenvalue weighted by Crippen LogP contribution is -2.31. The van der Waals surface area contributed by atoms with Gasteiger partial charge in [0.1, 0.15) is 5.82 Å². The third kappa shape index (κ3) is 3.69. The van der Waals surface area contributed by atoms with Crippen molar-refractivity contribution < 1.29 is 9.50 Å². The Morgan fingerprint density at radius 2 is 1.68 bits per heavy atom. The number of fused-ring (bicyclic) bond motifs is 2. The van der Waals surface area contributed by atoms with Gasteiger partial charge in [-0.15, -0.1) is 0 Å². The highest BCUT2D eigenvalue weighted by atomic mass is 19.1. The van der Waals surface area contributed by atoms with Crippen molar-refractivity contribution in [1.82, 2.24) is 14.7 Å². The van der Waals surface area contributed by atoms with Crippen LogP contribution in [0.5, 0.6) is 0 Å². The van der Waals surface area contributed by atoms with Crippen LogP contribution in [0.25, 0.3) is 16.6 Å². The van der Waals surface area contributed by atoms with Crippen molar-refractivity contribution in [3.05, 3.63) is 131 Å². The molecule has 4 aromatic carbocycles. The molecule has 1 N–H and O–H groups in total. The summed E-state index contributed by atoms with van der Waals surface area (Å²) < 4.78 is 15.4. The Labute approximate surface area is 222 Å². The van der Waals surface area contributed by atoms with Gasteiger partial charge in [-0.05, 0) is 71.5 Å². The predicted molar refractivity (Wildman–Crippen MR) is 148 cm³/mol. The van der Waals surface area contributed by atoms with Crippen molar-refractivity contribution in [3.63, 3.8) is 0 Å². The molecule has 4 atom stereocenters. The first-order valence-corrected chi connectivity index (χ1v) is 13.3. The van der Waals surface area contributed by atoms with Crippen molar-refractivity contribution in [2.75, 3.05) is 13.1 Å². The maximum atomic E-state index is 13.5. The SMILES string of the molecule is Cc1cc2c(cnn2-c2ccc(F)cc2)cc1[C@]12CN(Cc3ccccc3)C[C@H]1[C@@H]2C(O)c1ccccc1. The Balaban J connectivity index is 1.28. The van der Waals surface area contributed by atoms with E-state index in [0.717, 1.165) is 41.8 Å². The summed E-state index contributed by atoms with van der Waals surface area (Å²) in [5, 5.41) is 17.3. The van der Waals surface area contributed by atoms with E-state index < -0.39 is 6.10 Å². The molecule has 0 radical (unpaired) electrons. The van der Waals surface area contributed by atoms with E-state index in [4.69, 9.17) is 0 Å². The zero-order valence-electron chi connectivity index (χ0n) is 21.3. The van der Waals surface area contributed by atoms with Crippen LogP contribution >= 0.6 is 0 Å². The number of hydrogen-bond acceptors (Lipinski definition) is 3. The molecular formula is C33H30FN3O. The molecule has 1 aliphatic carbocycles. The van der Waals surface area contributed by atoms with E-state index in [1.807, 2.05) is 41.2 Å². The molecule has 0 bridgehead atoms. The number of aliphatic hydroxyl groups excluding tert-OH is 1. The van der Waals surface area contributed by atoms with Crippen molar-refractivity contribution in [2.45, 2.75) is 25.0 Å². The third-order valence-electron chi connectivity index (χ3n) is 8.74. The largest absolute Gasteiger partial charge is 0.388 e. The predicted octanol–water partition coefficient (Wildman–Crippen LogP) is 6.21. The summed E-state index contributed by atoms with van der Waals surface area (Å²) in [6, 6.07) is 31.7. The van der Waals surface area contributed by atoms with Crippen LogP contribution in [0.2, 0.25) is 0 Å². The molecule has 1 unspecified atom stereocenters. The topological polar surface area (TPSA) is 41.3 Å². The van der Waals surface area contributed by atoms with E-state index in [1.165, 1.54) is 28.8 Å². The fourth-order valence-corrected chi connectivity index (χ4v) is 7.02. The second-order valence-corrected chi connectivity index (χ2v) is 10.9. The van der Waals surface area contributed by atoms with Crippen molar-refractivity contribution in [2.24, 2.45) is 11.8 Å². The Kier molecular flexibility index (Phi) is 5.46. The van der Waals surface area contributed by atoms with Crippen LogP contribution in [0.3, 0.4) is 0 Å². The van der Waals surface area contributed by atoms with Crippen molar-refractivity contribution >= 4 is 10.9 Å². The molecule has 1 aliphatic heterocycles. The summed E-state index contributed by atoms with van der Waals surface area (Å²) >= 11 is 0. The summed E-state index contributed by atoms with van der Waals surface area (Å²) in [5.41, 5.74) is 6.55. The highest BCUT2D eigenvalue weighted by Crippen LogP contribution is 2.69. The molecular weight excluding hydrogens is 473 g/mol. The van der Waals surface area contributed by atoms with Crippen LogP contribution in [0, 0.1) is 24.6 Å². The molecule has 1 saturated heterocycles. The van der Waals surface area contributed by atoms with E-state index >= 15 is 0 Å². The first-order valence-electron chi connectivity index (χ1n) is 13.3. The molecule has 0 spiro atoms. The summed E-state index contributed by atoms with van der Waals surface area (Å²) in [6.45, 7) is 4.97. The van der Waals surface area contributed by atoms with E-state index in [2.05, 4.69) is 59.4 Å². The zero-order valence-corrected chi connectivity index (χ0v) is 21.3. The van der Waals surface area contributed by atoms with Gasteiger partial charge in [0.2, 0.25) is 0 Å². The Hall–Kier alpha value is -3.80. The smallest absolute Gasteiger partial charge is 0.123 e. The van der Waals surface area contributed by atoms with Crippen LogP contribution in [-0.2, 0) is 12.0 Å². The molecule has 5 aromatic rings. The molecule has 2 heterocycles. The molecule has 7 rings (SSSR count). The van der Waals surface area contributed by atoms with Gasteiger partial charge in [0.25, 0.3) is 0 Å². The lowest BCUT2D eigenvalue weighted by Gasteiger charge is -2.27. The first-order chi connectivity index (χ1) is 18.5. The fourth-order valence-electron chi connectivity index (χ4n) is 7.02. The highest BCUT2D eigenvalue weighted by Gasteiger charge is 2.71. The lowest BCUT2D eigenvalue weighted by molar-refractivity contribution is 0.119. The minimum Gasteiger partial charge on any atom is -0.388 e. The van der Waals surface area contributed by atoms with Gasteiger partial charge in [-0.2, -0.15) is 5.10 Å². The lowest BCUT2D eigenvalue weighted by atomic mass is 9.86. The van der Waals surface area contributed by atoms with Crippen LogP contribution in [0.15, 0.2) is 103 Å². The molecule has 38 heavy (non-hydrogen) atoms. The fraction of sp³-hybridized carbons (Fsp3) is 0.242. The van der Waals surface area contributed by atoms with Crippen LogP contribution in [0.4, 0.5) is 4.39 Å². The number of likely N-dealkylation sites (tertiary alicyclic amines) is 1. The molecule has 1 aromatic heterocycles. The number of rotatable bonds is 6. The standard InChI is InChI=1S/C33H30FN3O/c1-22-16-30-25(18-35-37(30)27-14-12-26(34)13-15-27)17-28(22)33-21-36(19-23-8-4-2-5-9-23)20-29(33)31(33)32(38)24-10-6-3-7-11-24/h2-18,29,31-32,38H,19-21H2,1H3/t29-,31+,32?,33+/m0/s1. The molecule has 2 aliphatic rings. The van der Waals surface area contributed by atoms with Gasteiger partial charge < -0.3 is 5.11 Å². The number of piperidine rings is 1. The van der Waals surface area contributed by atoms with Crippen molar-refractivity contribution in [1.29, 1.82) is 0 Å². The second kappa shape index (κ2) is 8.90. The molecule has 4 nitrogen and oxygen atoms in total. The maximum absolute atomic E-state index is 13.5. The van der Waals surface area contributed by atoms with Crippen LogP contribution in [0.1, 0.15) is 28.4 Å². The Bertz CT molecular complexity index is 1600. The van der Waals surface area contributed by atoms with Crippen molar-refractivity contribution in [3.8, 4) is 5.69 Å². The molecule has 2 fully saturated rings. The summed E-state index contributed by atoms with van der Waals surface area (Å²) in [7, 11) is 0. The zero-order chi connectivity index (χ0) is 25.9. The average molecular weight is 504 g/mol. The number of benzene rings is 4. The Morgan fingerprint density at radius 1 is 0.974 bits per heavy atom. The summed E-state index contributed by atoms with van der Waals surface area (Å²) in [4.78, 5) is 2.54. The molecule has 5 heteroatoms. The highest BCUT2D eigenvalue weighted by molar-refractivity contribution is 5.83. The normalized spacial score (nSPS) is 23.4. The molecule has 0 amide bonds. The number of aliphatic hydroxyl groups is 1. The van der Waals surface area contributed by atoms with E-state index in [-0.39, 0.29) is 17.2 Å². The van der Waals surface area contributed by atoms with E-state index in [0.29, 0.717) is 5.92 Å². The number of aromatic nitrogens is 2. The third-order valence-corrected chi connectivity index (χ3v) is 8.74. The van der Waals surface area contributed by atoms with Gasteiger partial charge >= 0.3 is 0 Å². The molecule has 190 valence electrons. The number of hydrogen-bond donors (Lipinski definition) is 1. The monoisotopic (exact) mass is 503 g/mol. The van der Waals surface area contributed by atoms with Crippen LogP contribution in [-0.4, -0.2) is 32.9 Å². The van der Waals surface area contributed by atoms with Gasteiger partial charge in [-0.1, -0.05) is 60.7 Å². The van der Waals surface area contributed by atoms with Gasteiger partial charge in [-0.3, -0.25) is 4.90 Å². The number of aryl methyl sites for hydroxylation is 1. The minimum atomic E-state index is -0.503. The first kappa shape index (κ1) is 23.3. The minimum absolute atomic E-state index is 0.111. The average Bonchev–Trinajstić information content (AvgIpc) is 3.20. The van der Waals surface area contributed by atoms with Crippen LogP contribution < -0.4 is 0 Å². The molecule has 1 saturated carbocycles. The second-order valence-electron chi connectivity index (χ2n) is 10.9. The Morgan fingerprint density at radius 3 is 2.42 bits per heavy atom. The number of halogens is 1. The van der Waals surface area contributed by atoms with Gasteiger partial charge in [0.05, 0.1) is 23.5 Å². The van der Waals surface area contributed by atoms with E-state index in [1.54, 1.807) is 12.1 Å². The quantitative estimate of drug-likeness (QED) is 0.300. The summed E-state index contributed by atoms with van der Waals surface area (Å²) in [5.74, 6) is 0.289. The van der Waals surface area contributed by atoms with Gasteiger partial charge in [0.15, 0.2) is 0 Å². The number of nitrogens with zero attached hydrogens (tertiary/aromatic N) is 3. The van der Waals surface area contributed by atoms with Gasteiger partial charge in [0, 0.05) is 36.4 Å². The van der Waals surface area contributed by atoms with E-state index in [9.17, 15) is 9.50 Å².